The molecule has 0 aliphatic heterocycles. The Hall–Kier alpha value is -1.18. The quantitative estimate of drug-likeness (QED) is 0.479. The fraction of sp³-hybridized carbons (Fsp3) is 0.273. The molecule has 0 aromatic carbocycles. The van der Waals surface area contributed by atoms with Gasteiger partial charge in [-0.05, 0) is 45.2 Å². The van der Waals surface area contributed by atoms with Gasteiger partial charge in [0.25, 0.3) is 0 Å². The third-order valence-corrected chi connectivity index (χ3v) is 3.29. The van der Waals surface area contributed by atoms with Gasteiger partial charge in [-0.25, -0.2) is 19.6 Å². The Morgan fingerprint density at radius 2 is 1.52 bits per heavy atom. The van der Waals surface area contributed by atoms with Gasteiger partial charge in [0.2, 0.25) is 11.6 Å². The van der Waals surface area contributed by atoms with E-state index >= 15 is 0 Å². The molecule has 1 N–H and O–H groups in total. The third-order valence-electron chi connectivity index (χ3n) is 2.25. The number of hydrogen-bond acceptors (Lipinski definition) is 5. The lowest BCUT2D eigenvalue weighted by Crippen LogP contribution is -2.08. The fourth-order valence-corrected chi connectivity index (χ4v) is 2.63. The van der Waals surface area contributed by atoms with Gasteiger partial charge in [0.1, 0.15) is 7.40 Å². The van der Waals surface area contributed by atoms with Crippen molar-refractivity contribution in [3.8, 4) is 0 Å². The predicted molar refractivity (Wildman–Crippen MR) is 90.1 cm³/mol. The summed E-state index contributed by atoms with van der Waals surface area (Å²) in [6, 6.07) is 0. The molecule has 2 aromatic rings. The van der Waals surface area contributed by atoms with E-state index in [1.165, 1.54) is 11.7 Å². The topological polar surface area (TPSA) is 99.2 Å². The lowest BCUT2D eigenvalue weighted by atomic mass is 10.6. The van der Waals surface area contributed by atoms with Crippen LogP contribution in [0.5, 0.6) is 0 Å². The summed E-state index contributed by atoms with van der Waals surface area (Å²) < 4.78 is 9.09. The first-order valence-corrected chi connectivity index (χ1v) is 7.61. The van der Waals surface area contributed by atoms with Crippen LogP contribution in [0.2, 0.25) is 0 Å². The molecule has 2 rings (SSSR count). The molecule has 8 nitrogen and oxygen atoms in total. The monoisotopic (exact) mass is 518 g/mol. The molecular weight excluding hydrogens is 506 g/mol. The highest BCUT2D eigenvalue weighted by atomic mass is 127. The Kier molecular flexibility index (Phi) is 6.57. The number of carboxylic acid groups (broad SMARTS) is 1. The number of carbonyl (C=O) groups excluding carboxylic acids is 1. The fourth-order valence-electron chi connectivity index (χ4n) is 1.34. The molecule has 0 fully saturated rings. The number of ether oxygens (including phenoxy) is 1. The first kappa shape index (κ1) is 17.9. The van der Waals surface area contributed by atoms with Gasteiger partial charge in [0.15, 0.2) is 0 Å². The first-order chi connectivity index (χ1) is 9.76. The Morgan fingerprint density at radius 1 is 1.10 bits per heavy atom. The molecule has 0 aliphatic rings. The van der Waals surface area contributed by atoms with Crippen molar-refractivity contribution in [3.63, 3.8) is 0 Å². The summed E-state index contributed by atoms with van der Waals surface area (Å²) in [4.78, 5) is 29.0. The number of aryl methyl sites for hydroxylation is 2. The van der Waals surface area contributed by atoms with Gasteiger partial charge in [-0.1, -0.05) is 0 Å². The van der Waals surface area contributed by atoms with Crippen molar-refractivity contribution in [3.05, 3.63) is 31.4 Å². The molecule has 0 atom stereocenters. The van der Waals surface area contributed by atoms with E-state index in [0.29, 0.717) is 9.53 Å². The van der Waals surface area contributed by atoms with Crippen LogP contribution >= 0.6 is 45.2 Å². The molecule has 0 spiro atoms. The highest BCUT2D eigenvalue weighted by Crippen LogP contribution is 2.05. The second-order valence-electron chi connectivity index (χ2n) is 3.79. The molecule has 114 valence electrons. The number of carboxylic acids is 1. The summed E-state index contributed by atoms with van der Waals surface area (Å²) in [7, 11) is 4.74. The van der Waals surface area contributed by atoms with Crippen molar-refractivity contribution in [2.24, 2.45) is 14.1 Å². The highest BCUT2D eigenvalue weighted by Gasteiger charge is 2.12. The van der Waals surface area contributed by atoms with Crippen LogP contribution in [0.25, 0.3) is 0 Å². The van der Waals surface area contributed by atoms with Crippen LogP contribution in [-0.4, -0.2) is 43.3 Å². The average Bonchev–Trinajstić information content (AvgIpc) is 2.91. The number of rotatable bonds is 2. The largest absolute Gasteiger partial charge is 0.475 e. The van der Waals surface area contributed by atoms with Crippen LogP contribution in [0, 0.1) is 7.40 Å². The Labute approximate surface area is 147 Å². The molecule has 0 saturated heterocycles. The second kappa shape index (κ2) is 7.72. The van der Waals surface area contributed by atoms with E-state index in [-0.39, 0.29) is 5.82 Å². The van der Waals surface area contributed by atoms with Crippen molar-refractivity contribution >= 4 is 57.1 Å². The second-order valence-corrected chi connectivity index (χ2v) is 6.00. The maximum Gasteiger partial charge on any atom is 0.374 e. The first-order valence-electron chi connectivity index (χ1n) is 5.45. The molecule has 10 heteroatoms. The number of hydrogen-bond donors (Lipinski definition) is 1. The van der Waals surface area contributed by atoms with E-state index < -0.39 is 11.9 Å². The summed E-state index contributed by atoms with van der Waals surface area (Å²) in [5.41, 5.74) is 0. The summed E-state index contributed by atoms with van der Waals surface area (Å²) in [6.07, 6.45) is 3.41. The van der Waals surface area contributed by atoms with Gasteiger partial charge in [-0.2, -0.15) is 0 Å². The molecule has 21 heavy (non-hydrogen) atoms. The number of aromatic carboxylic acids is 1. The third kappa shape index (κ3) is 4.94. The minimum Gasteiger partial charge on any atom is -0.475 e. The van der Waals surface area contributed by atoms with Crippen LogP contribution in [0.1, 0.15) is 21.2 Å². The number of aromatic nitrogens is 4. The lowest BCUT2D eigenvalue weighted by Gasteiger charge is -1.96. The lowest BCUT2D eigenvalue weighted by molar-refractivity contribution is 0.0581. The molecule has 2 aromatic heterocycles. The SMILES string of the molecule is COC(=O)c1nc(I)cn1C.Cn1cc(I)nc1C(=O)O. The smallest absolute Gasteiger partial charge is 0.374 e. The van der Waals surface area contributed by atoms with Crippen LogP contribution in [0.3, 0.4) is 0 Å². The molecule has 0 bridgehead atoms. The number of nitrogens with zero attached hydrogens (tertiary/aromatic N) is 4. The minimum atomic E-state index is -0.995. The normalized spacial score (nSPS) is 9.76. The van der Waals surface area contributed by atoms with Crippen molar-refractivity contribution < 1.29 is 19.4 Å². The Bertz CT molecular complexity index is 665. The predicted octanol–water partition coefficient (Wildman–Crippen LogP) is 1.53. The van der Waals surface area contributed by atoms with Crippen molar-refractivity contribution in [2.75, 3.05) is 7.11 Å². The van der Waals surface area contributed by atoms with Gasteiger partial charge >= 0.3 is 11.9 Å². The van der Waals surface area contributed by atoms with Crippen LogP contribution in [0.4, 0.5) is 0 Å². The number of esters is 1. The van der Waals surface area contributed by atoms with E-state index in [4.69, 9.17) is 5.11 Å². The van der Waals surface area contributed by atoms with Crippen molar-refractivity contribution in [1.29, 1.82) is 0 Å². The van der Waals surface area contributed by atoms with Crippen molar-refractivity contribution in [1.82, 2.24) is 19.1 Å². The molecule has 0 saturated carbocycles. The van der Waals surface area contributed by atoms with E-state index in [1.54, 1.807) is 31.1 Å². The van der Waals surface area contributed by atoms with Crippen LogP contribution in [-0.2, 0) is 18.8 Å². The maximum absolute atomic E-state index is 10.9. The molecule has 0 radical (unpaired) electrons. The summed E-state index contributed by atoms with van der Waals surface area (Å²) in [6.45, 7) is 0. The van der Waals surface area contributed by atoms with E-state index in [1.807, 2.05) is 45.2 Å². The van der Waals surface area contributed by atoms with E-state index in [9.17, 15) is 9.59 Å². The minimum absolute atomic E-state index is 0.0735. The number of halogens is 2. The number of methoxy groups -OCH3 is 1. The Balaban J connectivity index is 0.000000211. The molecule has 0 amide bonds. The van der Waals surface area contributed by atoms with Gasteiger partial charge in [-0.15, -0.1) is 0 Å². The zero-order valence-corrected chi connectivity index (χ0v) is 15.7. The molecule has 0 aliphatic carbocycles. The summed E-state index contributed by atoms with van der Waals surface area (Å²) >= 11 is 4.00. The van der Waals surface area contributed by atoms with Crippen molar-refractivity contribution in [2.45, 2.75) is 0 Å². The Morgan fingerprint density at radius 3 is 1.76 bits per heavy atom. The standard InChI is InChI=1S/C6H7IN2O2.C5H5IN2O2/c1-9-3-4(7)8-5(9)6(10)11-2;1-8-2-3(6)7-4(8)5(9)10/h3H,1-2H3;2H,1H3,(H,9,10). The van der Waals surface area contributed by atoms with Gasteiger partial charge in [0.05, 0.1) is 7.11 Å². The van der Waals surface area contributed by atoms with Gasteiger partial charge in [-0.3, -0.25) is 0 Å². The van der Waals surface area contributed by atoms with Gasteiger partial charge in [0, 0.05) is 26.5 Å². The number of carbonyl (C=O) groups is 2. The maximum atomic E-state index is 10.9. The zero-order valence-electron chi connectivity index (χ0n) is 11.4. The van der Waals surface area contributed by atoms with Gasteiger partial charge < -0.3 is 19.0 Å². The van der Waals surface area contributed by atoms with E-state index in [2.05, 4.69) is 14.7 Å². The average molecular weight is 518 g/mol. The molecule has 0 unspecified atom stereocenters. The molecular formula is C11H12I2N4O4. The highest BCUT2D eigenvalue weighted by molar-refractivity contribution is 14.1. The summed E-state index contributed by atoms with van der Waals surface area (Å²) in [5, 5.41) is 8.49. The van der Waals surface area contributed by atoms with E-state index in [0.717, 1.165) is 3.70 Å². The number of imidazole rings is 2. The van der Waals surface area contributed by atoms with Crippen LogP contribution < -0.4 is 0 Å². The zero-order chi connectivity index (χ0) is 16.2. The van der Waals surface area contributed by atoms with Crippen LogP contribution in [0.15, 0.2) is 12.4 Å². The summed E-state index contributed by atoms with van der Waals surface area (Å²) in [5.74, 6) is -0.998. The molecule has 2 heterocycles.